The van der Waals surface area contributed by atoms with E-state index in [2.05, 4.69) is 22.2 Å². The van der Waals surface area contributed by atoms with Gasteiger partial charge in [-0.15, -0.1) is 17.9 Å². The fraction of sp³-hybridized carbons (Fsp3) is 0.468. The number of piperidine rings is 1. The Balaban J connectivity index is 1.11. The van der Waals surface area contributed by atoms with Crippen LogP contribution in [-0.4, -0.2) is 112 Å². The number of aromatic nitrogens is 2. The summed E-state index contributed by atoms with van der Waals surface area (Å²) in [5.41, 5.74) is -0.230. The normalized spacial score (nSPS) is 23.8. The zero-order valence-corrected chi connectivity index (χ0v) is 38.6. The van der Waals surface area contributed by atoms with Crippen molar-refractivity contribution < 1.29 is 42.2 Å². The van der Waals surface area contributed by atoms with Gasteiger partial charge in [0.15, 0.2) is 5.13 Å². The quantitative estimate of drug-likeness (QED) is 0.0937. The molecule has 0 radical (unpaired) electrons. The lowest BCUT2D eigenvalue weighted by atomic mass is 9.77. The maximum Gasteiger partial charge on any atom is 0.264 e. The lowest BCUT2D eigenvalue weighted by Gasteiger charge is -2.38. The topological polar surface area (TPSA) is 201 Å². The molecule has 2 aliphatic carbocycles. The Labute approximate surface area is 384 Å². The average Bonchev–Trinajstić information content (AvgIpc) is 4.15. The zero-order chi connectivity index (χ0) is 46.2. The first-order valence-corrected chi connectivity index (χ1v) is 24.0. The van der Waals surface area contributed by atoms with Crippen LogP contribution in [0.15, 0.2) is 78.8 Å². The number of fused-ring (bicyclic) bond motifs is 1. The molecular formula is C47H55N7O9S2. The van der Waals surface area contributed by atoms with Crippen molar-refractivity contribution in [1.82, 2.24) is 29.4 Å². The van der Waals surface area contributed by atoms with E-state index < -0.39 is 76.0 Å². The number of anilines is 1. The number of benzene rings is 2. The zero-order valence-electron chi connectivity index (χ0n) is 36.9. The minimum absolute atomic E-state index is 0.0233. The van der Waals surface area contributed by atoms with Crippen LogP contribution in [0.2, 0.25) is 0 Å². The van der Waals surface area contributed by atoms with E-state index in [-0.39, 0.29) is 37.6 Å². The van der Waals surface area contributed by atoms with Gasteiger partial charge >= 0.3 is 0 Å². The number of rotatable bonds is 15. The third-order valence-corrected chi connectivity index (χ3v) is 14.5. The second-order valence-corrected chi connectivity index (χ2v) is 20.1. The predicted octanol–water partition coefficient (Wildman–Crippen LogP) is 5.98. The molecule has 16 nitrogen and oxygen atoms in total. The van der Waals surface area contributed by atoms with E-state index in [4.69, 9.17) is 14.5 Å². The Hall–Kier alpha value is -5.72. The van der Waals surface area contributed by atoms with Gasteiger partial charge in [0.05, 0.1) is 30.8 Å². The summed E-state index contributed by atoms with van der Waals surface area (Å²) in [7, 11) is 1.57. The molecule has 4 heterocycles. The van der Waals surface area contributed by atoms with Crippen molar-refractivity contribution >= 4 is 68.2 Å². The van der Waals surface area contributed by atoms with Gasteiger partial charge in [-0.2, -0.15) is 0 Å². The van der Waals surface area contributed by atoms with E-state index >= 15 is 4.79 Å². The summed E-state index contributed by atoms with van der Waals surface area (Å²) in [4.78, 5) is 84.2. The van der Waals surface area contributed by atoms with Crippen LogP contribution in [0, 0.1) is 17.3 Å². The van der Waals surface area contributed by atoms with Crippen LogP contribution >= 0.6 is 11.3 Å². The summed E-state index contributed by atoms with van der Waals surface area (Å²) in [5.74, 6) is -2.85. The molecule has 4 aliphatic rings. The lowest BCUT2D eigenvalue weighted by Crippen LogP contribution is -2.58. The van der Waals surface area contributed by atoms with Crippen molar-refractivity contribution in [3.05, 3.63) is 78.8 Å². The second kappa shape index (κ2) is 18.6. The van der Waals surface area contributed by atoms with Crippen molar-refractivity contribution in [3.63, 3.8) is 0 Å². The van der Waals surface area contributed by atoms with Gasteiger partial charge in [0.1, 0.15) is 35.2 Å². The highest BCUT2D eigenvalue weighted by atomic mass is 32.2. The van der Waals surface area contributed by atoms with Crippen LogP contribution in [-0.2, 0) is 35.2 Å². The Morgan fingerprint density at radius 2 is 1.82 bits per heavy atom. The molecule has 7 atom stereocenters. The molecule has 2 saturated carbocycles. The summed E-state index contributed by atoms with van der Waals surface area (Å²) >= 11 is -1.34. The summed E-state index contributed by atoms with van der Waals surface area (Å²) in [6, 6.07) is 14.5. The maximum atomic E-state index is 15.2. The lowest BCUT2D eigenvalue weighted by molar-refractivity contribution is -0.150. The number of likely N-dealkylation sites (tertiary alicyclic amines) is 2. The summed E-state index contributed by atoms with van der Waals surface area (Å²) in [6.07, 6.45) is 5.41. The van der Waals surface area contributed by atoms with Crippen LogP contribution in [0.3, 0.4) is 0 Å². The van der Waals surface area contributed by atoms with Gasteiger partial charge < -0.3 is 29.9 Å². The van der Waals surface area contributed by atoms with E-state index in [1.54, 1.807) is 35.7 Å². The molecule has 2 unspecified atom stereocenters. The minimum Gasteiger partial charge on any atom is -0.497 e. The van der Waals surface area contributed by atoms with Crippen molar-refractivity contribution in [1.29, 1.82) is 0 Å². The van der Waals surface area contributed by atoms with Gasteiger partial charge in [0.25, 0.3) is 17.2 Å². The molecule has 8 rings (SSSR count). The molecule has 0 spiro atoms. The molecule has 2 saturated heterocycles. The highest BCUT2D eigenvalue weighted by molar-refractivity contribution is 7.77. The molecule has 2 aliphatic heterocycles. The first-order chi connectivity index (χ1) is 31.1. The van der Waals surface area contributed by atoms with Crippen LogP contribution in [0.1, 0.15) is 72.1 Å². The average molecular weight is 926 g/mol. The SMILES string of the molecule is C=CC1C[C@]1(NC(=O)[C@@H]1C[C@@H](Oc2cc(-c3ccccc3)nc3cc(OC)ccc23)CN1C(=O)[C@@H](CC(=O)N1CCCC[C@H]1C(=O)Nc1nccs1)C(C)(C)C)C(=O)N(C1CC1)S(=O)O. The first-order valence-electron chi connectivity index (χ1n) is 22.0. The number of carbonyl (C=O) groups is 5. The molecule has 3 N–H and O–H groups in total. The number of nitrogens with zero attached hydrogens (tertiary/aromatic N) is 5. The molecule has 2 aromatic carbocycles. The highest BCUT2D eigenvalue weighted by Crippen LogP contribution is 2.48. The summed E-state index contributed by atoms with van der Waals surface area (Å²) < 4.78 is 35.9. The van der Waals surface area contributed by atoms with Gasteiger partial charge in [0.2, 0.25) is 23.6 Å². The number of nitrogens with one attached hydrogen (secondary N) is 2. The first kappa shape index (κ1) is 45.8. The van der Waals surface area contributed by atoms with Gasteiger partial charge in [0, 0.05) is 66.0 Å². The molecule has 65 heavy (non-hydrogen) atoms. The minimum atomic E-state index is -2.62. The number of ether oxygens (including phenoxy) is 2. The summed E-state index contributed by atoms with van der Waals surface area (Å²) in [5, 5.41) is 8.62. The van der Waals surface area contributed by atoms with Gasteiger partial charge in [-0.3, -0.25) is 28.5 Å². The van der Waals surface area contributed by atoms with E-state index in [1.807, 2.05) is 69.3 Å². The van der Waals surface area contributed by atoms with Crippen LogP contribution in [0.25, 0.3) is 22.2 Å². The summed E-state index contributed by atoms with van der Waals surface area (Å²) in [6.45, 7) is 9.76. The number of hydrogen-bond donors (Lipinski definition) is 3. The van der Waals surface area contributed by atoms with E-state index in [0.29, 0.717) is 65.5 Å². The van der Waals surface area contributed by atoms with Gasteiger partial charge in [-0.1, -0.05) is 57.2 Å². The van der Waals surface area contributed by atoms with E-state index in [0.717, 1.165) is 16.3 Å². The van der Waals surface area contributed by atoms with Crippen LogP contribution < -0.4 is 20.1 Å². The standard InChI is InChI=1S/C47H55N7O9S2/c1-6-29-26-47(29,44(59)54(65(60)61)30-15-16-30)51-42(57)38-23-32(63-39-25-35(28-12-8-7-9-13-28)49-36-22-31(62-5)17-18-33(36)39)27-53(38)43(58)34(46(2,3)4)24-40(55)52-20-11-10-14-37(52)41(56)50-45-48-19-21-64-45/h6-9,12-13,17-19,21-22,25,29-30,32,34,37-38H,1,10-11,14-16,20,23-24,26-27H2,2-5H3,(H,51,57)(H,60,61)(H,48,50,56)/t29?,32-,34-,37+,38+,47-/m1/s1. The van der Waals surface area contributed by atoms with Gasteiger partial charge in [-0.05, 0) is 56.1 Å². The highest BCUT2D eigenvalue weighted by Gasteiger charge is 2.64. The molecular weight excluding hydrogens is 871 g/mol. The molecule has 344 valence electrons. The van der Waals surface area contributed by atoms with Crippen molar-refractivity contribution in [3.8, 4) is 22.8 Å². The molecule has 18 heteroatoms. The van der Waals surface area contributed by atoms with Crippen molar-refractivity contribution in [2.75, 3.05) is 25.5 Å². The van der Waals surface area contributed by atoms with E-state index in [9.17, 15) is 27.9 Å². The molecule has 4 fully saturated rings. The Morgan fingerprint density at radius 1 is 1.05 bits per heavy atom. The number of thiazole rings is 1. The fourth-order valence-electron chi connectivity index (χ4n) is 9.13. The number of hydrogen-bond acceptors (Lipinski definition) is 11. The van der Waals surface area contributed by atoms with Gasteiger partial charge in [-0.25, -0.2) is 18.5 Å². The predicted molar refractivity (Wildman–Crippen MR) is 246 cm³/mol. The molecule has 0 bridgehead atoms. The monoisotopic (exact) mass is 925 g/mol. The smallest absolute Gasteiger partial charge is 0.264 e. The third-order valence-electron chi connectivity index (χ3n) is 13.0. The number of carbonyl (C=O) groups excluding carboxylic acids is 5. The second-order valence-electron chi connectivity index (χ2n) is 18.4. The number of methoxy groups -OCH3 is 1. The van der Waals surface area contributed by atoms with Crippen LogP contribution in [0.5, 0.6) is 11.5 Å². The Morgan fingerprint density at radius 3 is 2.46 bits per heavy atom. The number of amides is 5. The van der Waals surface area contributed by atoms with E-state index in [1.165, 1.54) is 16.2 Å². The molecule has 2 aromatic heterocycles. The van der Waals surface area contributed by atoms with Crippen molar-refractivity contribution in [2.45, 2.75) is 102 Å². The molecule has 5 amide bonds. The third kappa shape index (κ3) is 9.65. The fourth-order valence-corrected chi connectivity index (χ4v) is 10.4. The largest absolute Gasteiger partial charge is 0.497 e. The Bertz CT molecular complexity index is 2500. The molecule has 4 aromatic rings. The van der Waals surface area contributed by atoms with Crippen LogP contribution in [0.4, 0.5) is 5.13 Å². The van der Waals surface area contributed by atoms with Crippen molar-refractivity contribution in [2.24, 2.45) is 17.3 Å². The Kier molecular flexibility index (Phi) is 13.1. The number of pyridine rings is 1. The maximum absolute atomic E-state index is 15.2.